The Morgan fingerprint density at radius 2 is 2.20 bits per heavy atom. The zero-order valence-electron chi connectivity index (χ0n) is 10.5. The Balaban J connectivity index is 1.89. The minimum atomic E-state index is -0.318. The summed E-state index contributed by atoms with van der Waals surface area (Å²) in [6, 6.07) is 8.47. The highest BCUT2D eigenvalue weighted by Crippen LogP contribution is 2.12. The summed E-state index contributed by atoms with van der Waals surface area (Å²) in [6.45, 7) is 1.88. The minimum absolute atomic E-state index is 0.205. The van der Waals surface area contributed by atoms with Crippen LogP contribution >= 0.6 is 11.6 Å². The van der Waals surface area contributed by atoms with Crippen molar-refractivity contribution in [2.75, 3.05) is 5.32 Å². The lowest BCUT2D eigenvalue weighted by Gasteiger charge is -2.00. The van der Waals surface area contributed by atoms with E-state index in [0.29, 0.717) is 16.4 Å². The van der Waals surface area contributed by atoms with Crippen molar-refractivity contribution in [3.8, 4) is 0 Å². The Bertz CT molecular complexity index is 798. The van der Waals surface area contributed by atoms with Gasteiger partial charge in [-0.25, -0.2) is 4.98 Å². The highest BCUT2D eigenvalue weighted by atomic mass is 35.5. The number of benzene rings is 1. The summed E-state index contributed by atoms with van der Waals surface area (Å²) >= 11 is 5.85. The van der Waals surface area contributed by atoms with E-state index in [1.807, 2.05) is 13.0 Å². The predicted octanol–water partition coefficient (Wildman–Crippen LogP) is 2.34. The number of aryl methyl sites for hydroxylation is 1. The fraction of sp³-hybridized carbons (Fsp3) is 0.0769. The number of carbonyl (C=O) groups excluding carboxylic acids is 1. The Hall–Kier alpha value is -2.47. The monoisotopic (exact) mass is 287 g/mol. The molecule has 0 spiro atoms. The van der Waals surface area contributed by atoms with Gasteiger partial charge in [0.2, 0.25) is 0 Å². The maximum Gasteiger partial charge on any atom is 0.258 e. The molecule has 0 unspecified atom stereocenters. The Kier molecular flexibility index (Phi) is 3.08. The average Bonchev–Trinajstić information content (AvgIpc) is 2.83. The van der Waals surface area contributed by atoms with Crippen LogP contribution in [0.5, 0.6) is 0 Å². The van der Waals surface area contributed by atoms with Gasteiger partial charge in [-0.1, -0.05) is 17.7 Å². The third-order valence-electron chi connectivity index (χ3n) is 2.74. The van der Waals surface area contributed by atoms with Crippen LogP contribution in [0.15, 0.2) is 36.5 Å². The topological polar surface area (TPSA) is 72.2 Å². The Labute approximate surface area is 119 Å². The van der Waals surface area contributed by atoms with E-state index in [9.17, 15) is 4.79 Å². The summed E-state index contributed by atoms with van der Waals surface area (Å²) in [4.78, 5) is 20.3. The number of nitrogens with one attached hydrogen (secondary N) is 1. The van der Waals surface area contributed by atoms with Crippen molar-refractivity contribution in [2.24, 2.45) is 0 Å². The molecule has 0 fully saturated rings. The Morgan fingerprint density at radius 3 is 2.95 bits per heavy atom. The number of carbonyl (C=O) groups is 1. The van der Waals surface area contributed by atoms with Gasteiger partial charge in [-0.05, 0) is 31.2 Å². The van der Waals surface area contributed by atoms with E-state index in [4.69, 9.17) is 11.6 Å². The van der Waals surface area contributed by atoms with Crippen LogP contribution in [0.1, 0.15) is 16.1 Å². The molecule has 6 nitrogen and oxygen atoms in total. The van der Waals surface area contributed by atoms with Crippen LogP contribution in [0.25, 0.3) is 5.78 Å². The lowest BCUT2D eigenvalue weighted by molar-refractivity contribution is 0.102. The van der Waals surface area contributed by atoms with Crippen molar-refractivity contribution >= 4 is 29.2 Å². The SMILES string of the molecule is Cc1ccnc2nc(NC(=O)c3cccc(Cl)c3)nn12. The number of fused-ring (bicyclic) bond motifs is 1. The molecule has 0 radical (unpaired) electrons. The fourth-order valence-electron chi connectivity index (χ4n) is 1.76. The normalized spacial score (nSPS) is 10.7. The van der Waals surface area contributed by atoms with Gasteiger partial charge < -0.3 is 0 Å². The quantitative estimate of drug-likeness (QED) is 0.785. The van der Waals surface area contributed by atoms with Crippen molar-refractivity contribution in [3.05, 3.63) is 52.8 Å². The average molecular weight is 288 g/mol. The van der Waals surface area contributed by atoms with E-state index in [2.05, 4.69) is 20.4 Å². The van der Waals surface area contributed by atoms with Crippen LogP contribution in [0.4, 0.5) is 5.95 Å². The number of aromatic nitrogens is 4. The molecule has 0 bridgehead atoms. The molecule has 0 aliphatic heterocycles. The Morgan fingerprint density at radius 1 is 1.35 bits per heavy atom. The number of amides is 1. The summed E-state index contributed by atoms with van der Waals surface area (Å²) in [7, 11) is 0. The largest absolute Gasteiger partial charge is 0.289 e. The summed E-state index contributed by atoms with van der Waals surface area (Å²) < 4.78 is 1.56. The molecule has 20 heavy (non-hydrogen) atoms. The summed E-state index contributed by atoms with van der Waals surface area (Å²) in [5.74, 6) is 0.323. The van der Waals surface area contributed by atoms with Crippen molar-refractivity contribution in [2.45, 2.75) is 6.92 Å². The first-order chi connectivity index (χ1) is 9.63. The molecule has 1 N–H and O–H groups in total. The second-order valence-electron chi connectivity index (χ2n) is 4.20. The molecule has 3 aromatic rings. The van der Waals surface area contributed by atoms with Crippen molar-refractivity contribution in [1.82, 2.24) is 19.6 Å². The van der Waals surface area contributed by atoms with Gasteiger partial charge in [0.05, 0.1) is 0 Å². The second-order valence-corrected chi connectivity index (χ2v) is 4.63. The highest BCUT2D eigenvalue weighted by molar-refractivity contribution is 6.31. The fourth-order valence-corrected chi connectivity index (χ4v) is 1.95. The molecule has 0 saturated heterocycles. The van der Waals surface area contributed by atoms with Crippen LogP contribution in [-0.4, -0.2) is 25.5 Å². The minimum Gasteiger partial charge on any atom is -0.289 e. The summed E-state index contributed by atoms with van der Waals surface area (Å²) in [5.41, 5.74) is 1.33. The molecular formula is C13H10ClN5O. The first kappa shape index (κ1) is 12.6. The number of nitrogens with zero attached hydrogens (tertiary/aromatic N) is 4. The van der Waals surface area contributed by atoms with Gasteiger partial charge in [0, 0.05) is 22.5 Å². The molecule has 1 aromatic carbocycles. The van der Waals surface area contributed by atoms with Gasteiger partial charge in [0.25, 0.3) is 17.6 Å². The lowest BCUT2D eigenvalue weighted by Crippen LogP contribution is -2.13. The zero-order valence-corrected chi connectivity index (χ0v) is 11.3. The van der Waals surface area contributed by atoms with Crippen molar-refractivity contribution in [3.63, 3.8) is 0 Å². The summed E-state index contributed by atoms with van der Waals surface area (Å²) in [6.07, 6.45) is 1.64. The summed E-state index contributed by atoms with van der Waals surface area (Å²) in [5, 5.41) is 7.30. The number of anilines is 1. The molecular weight excluding hydrogens is 278 g/mol. The van der Waals surface area contributed by atoms with Crippen LogP contribution in [0, 0.1) is 6.92 Å². The number of halogens is 1. The van der Waals surface area contributed by atoms with Crippen LogP contribution in [0.2, 0.25) is 5.02 Å². The third-order valence-corrected chi connectivity index (χ3v) is 2.98. The van der Waals surface area contributed by atoms with E-state index < -0.39 is 0 Å². The van der Waals surface area contributed by atoms with Crippen molar-refractivity contribution < 1.29 is 4.79 Å². The van der Waals surface area contributed by atoms with Gasteiger partial charge >= 0.3 is 0 Å². The molecule has 7 heteroatoms. The zero-order chi connectivity index (χ0) is 14.1. The molecule has 0 atom stereocenters. The number of hydrogen-bond acceptors (Lipinski definition) is 4. The van der Waals surface area contributed by atoms with Crippen LogP contribution < -0.4 is 5.32 Å². The van der Waals surface area contributed by atoms with E-state index >= 15 is 0 Å². The molecule has 0 aliphatic rings. The lowest BCUT2D eigenvalue weighted by atomic mass is 10.2. The smallest absolute Gasteiger partial charge is 0.258 e. The number of rotatable bonds is 2. The highest BCUT2D eigenvalue weighted by Gasteiger charge is 2.11. The molecule has 100 valence electrons. The molecule has 0 aliphatic carbocycles. The molecule has 3 rings (SSSR count). The van der Waals surface area contributed by atoms with Crippen LogP contribution in [-0.2, 0) is 0 Å². The first-order valence-corrected chi connectivity index (χ1v) is 6.26. The van der Waals surface area contributed by atoms with Gasteiger partial charge in [-0.3, -0.25) is 10.1 Å². The van der Waals surface area contributed by atoms with Gasteiger partial charge in [-0.2, -0.15) is 9.50 Å². The molecule has 2 aromatic heterocycles. The number of hydrogen-bond donors (Lipinski definition) is 1. The second kappa shape index (κ2) is 4.90. The molecule has 2 heterocycles. The van der Waals surface area contributed by atoms with E-state index in [0.717, 1.165) is 5.69 Å². The van der Waals surface area contributed by atoms with Crippen molar-refractivity contribution in [1.29, 1.82) is 0 Å². The van der Waals surface area contributed by atoms with E-state index in [1.165, 1.54) is 0 Å². The predicted molar refractivity (Wildman–Crippen MR) is 74.9 cm³/mol. The molecule has 1 amide bonds. The van der Waals surface area contributed by atoms with E-state index in [1.54, 1.807) is 35.0 Å². The maximum atomic E-state index is 12.0. The van der Waals surface area contributed by atoms with Gasteiger partial charge in [0.1, 0.15) is 0 Å². The first-order valence-electron chi connectivity index (χ1n) is 5.89. The maximum absolute atomic E-state index is 12.0. The standard InChI is InChI=1S/C13H10ClN5O/c1-8-5-6-15-13-17-12(18-19(8)13)16-11(20)9-3-2-4-10(14)7-9/h2-7H,1H3,(H,16,18,20). The third kappa shape index (κ3) is 2.33. The molecule has 0 saturated carbocycles. The van der Waals surface area contributed by atoms with E-state index in [-0.39, 0.29) is 11.9 Å². The van der Waals surface area contributed by atoms with Gasteiger partial charge in [-0.15, -0.1) is 5.10 Å². The van der Waals surface area contributed by atoms with Crippen LogP contribution in [0.3, 0.4) is 0 Å². The van der Waals surface area contributed by atoms with Gasteiger partial charge in [0.15, 0.2) is 0 Å².